The van der Waals surface area contributed by atoms with Crippen LogP contribution in [-0.4, -0.2) is 27.2 Å². The third-order valence-corrected chi connectivity index (χ3v) is 10.6. The molecular weight excluding hydrogens is 384 g/mol. The first-order valence-corrected chi connectivity index (χ1v) is 13.0. The highest BCUT2D eigenvalue weighted by atomic mass is 16.3. The van der Waals surface area contributed by atoms with Gasteiger partial charge in [-0.1, -0.05) is 39.3 Å². The first-order chi connectivity index (χ1) is 14.3. The second-order valence-electron chi connectivity index (χ2n) is 13.0. The van der Waals surface area contributed by atoms with E-state index in [1.807, 2.05) is 13.8 Å². The maximum absolute atomic E-state index is 13.8. The summed E-state index contributed by atoms with van der Waals surface area (Å²) in [5.74, 6) is 2.88. The van der Waals surface area contributed by atoms with Gasteiger partial charge in [-0.25, -0.2) is 0 Å². The Kier molecular flexibility index (Phi) is 5.83. The highest BCUT2D eigenvalue weighted by Gasteiger charge is 2.62. The Balaban J connectivity index is 1.58. The second-order valence-corrected chi connectivity index (χ2v) is 13.0. The van der Waals surface area contributed by atoms with Gasteiger partial charge in [-0.3, -0.25) is 4.79 Å². The normalized spacial score (nSPS) is 46.1. The molecule has 0 spiro atoms. The molecule has 3 nitrogen and oxygen atoms in total. The van der Waals surface area contributed by atoms with E-state index in [4.69, 9.17) is 0 Å². The predicted octanol–water partition coefficient (Wildman–Crippen LogP) is 6.07. The van der Waals surface area contributed by atoms with Crippen molar-refractivity contribution in [2.45, 2.75) is 117 Å². The molecule has 4 aliphatic rings. The van der Waals surface area contributed by atoms with Crippen LogP contribution in [0.15, 0.2) is 11.6 Å². The number of Topliss-reactive ketones (excluding diaryl/α,β-unsaturated/α-hetero) is 1. The first kappa shape index (κ1) is 23.5. The largest absolute Gasteiger partial charge is 0.390 e. The Hall–Kier alpha value is -0.670. The van der Waals surface area contributed by atoms with Crippen molar-refractivity contribution in [3.8, 4) is 0 Å². The van der Waals surface area contributed by atoms with Crippen LogP contribution in [0.1, 0.15) is 106 Å². The Labute approximate surface area is 190 Å². The van der Waals surface area contributed by atoms with Crippen LogP contribution >= 0.6 is 0 Å². The van der Waals surface area contributed by atoms with Crippen LogP contribution in [0.4, 0.5) is 0 Å². The Morgan fingerprint density at radius 3 is 2.55 bits per heavy atom. The van der Waals surface area contributed by atoms with Gasteiger partial charge in [0.25, 0.3) is 0 Å². The summed E-state index contributed by atoms with van der Waals surface area (Å²) in [6.45, 7) is 13.0. The maximum atomic E-state index is 13.8. The highest BCUT2D eigenvalue weighted by molar-refractivity contribution is 5.85. The maximum Gasteiger partial charge on any atom is 0.137 e. The van der Waals surface area contributed by atoms with E-state index in [2.05, 4.69) is 33.8 Å². The van der Waals surface area contributed by atoms with Gasteiger partial charge in [0.2, 0.25) is 0 Å². The molecule has 3 saturated carbocycles. The van der Waals surface area contributed by atoms with E-state index in [0.717, 1.165) is 51.4 Å². The number of carbonyl (C=O) groups excluding carboxylic acids is 1. The van der Waals surface area contributed by atoms with E-state index < -0.39 is 11.2 Å². The van der Waals surface area contributed by atoms with Gasteiger partial charge in [0.05, 0.1) is 11.2 Å². The molecule has 3 fully saturated rings. The monoisotopic (exact) mass is 430 g/mol. The average molecular weight is 431 g/mol. The number of hydrogen-bond acceptors (Lipinski definition) is 3. The van der Waals surface area contributed by atoms with Crippen molar-refractivity contribution in [3.63, 3.8) is 0 Å². The predicted molar refractivity (Wildman–Crippen MR) is 126 cm³/mol. The summed E-state index contributed by atoms with van der Waals surface area (Å²) >= 11 is 0. The molecule has 0 radical (unpaired) electrons. The highest BCUT2D eigenvalue weighted by Crippen LogP contribution is 2.67. The molecule has 4 aliphatic carbocycles. The molecule has 0 heterocycles. The Morgan fingerprint density at radius 2 is 1.90 bits per heavy atom. The van der Waals surface area contributed by atoms with Crippen LogP contribution in [0.3, 0.4) is 0 Å². The lowest BCUT2D eigenvalue weighted by atomic mass is 9.45. The second kappa shape index (κ2) is 7.69. The number of allylic oxidation sites excluding steroid dienone is 1. The van der Waals surface area contributed by atoms with Crippen molar-refractivity contribution in [1.82, 2.24) is 0 Å². The third-order valence-electron chi connectivity index (χ3n) is 10.6. The topological polar surface area (TPSA) is 57.5 Å². The summed E-state index contributed by atoms with van der Waals surface area (Å²) in [4.78, 5) is 13.8. The number of hydrogen-bond donors (Lipinski definition) is 2. The van der Waals surface area contributed by atoms with Gasteiger partial charge < -0.3 is 10.2 Å². The van der Waals surface area contributed by atoms with Crippen LogP contribution in [-0.2, 0) is 4.79 Å². The smallest absolute Gasteiger partial charge is 0.137 e. The van der Waals surface area contributed by atoms with Gasteiger partial charge in [-0.05, 0) is 106 Å². The van der Waals surface area contributed by atoms with Gasteiger partial charge in [-0.2, -0.15) is 0 Å². The number of rotatable bonds is 5. The molecule has 8 atom stereocenters. The molecule has 0 aliphatic heterocycles. The summed E-state index contributed by atoms with van der Waals surface area (Å²) in [5, 5.41) is 21.2. The van der Waals surface area contributed by atoms with Gasteiger partial charge >= 0.3 is 0 Å². The molecular formula is C28H46O3. The van der Waals surface area contributed by atoms with Crippen molar-refractivity contribution in [1.29, 1.82) is 0 Å². The van der Waals surface area contributed by atoms with E-state index in [-0.39, 0.29) is 16.7 Å². The molecule has 4 rings (SSSR count). The summed E-state index contributed by atoms with van der Waals surface area (Å²) in [6.07, 6.45) is 11.9. The molecule has 0 saturated heterocycles. The molecule has 0 amide bonds. The minimum Gasteiger partial charge on any atom is -0.390 e. The SMILES string of the molecule is CC[C@]1(O)CC[C@@]2(C)C(=CC[C@@H]3C2C(=O)C[C@@]2(C)C3CC[C@@H]2[C@H](C)CCC(C)(C)O)C1. The zero-order valence-electron chi connectivity index (χ0n) is 20.8. The van der Waals surface area contributed by atoms with Gasteiger partial charge in [-0.15, -0.1) is 0 Å². The van der Waals surface area contributed by atoms with Crippen molar-refractivity contribution in [2.75, 3.05) is 0 Å². The molecule has 31 heavy (non-hydrogen) atoms. The average Bonchev–Trinajstić information content (AvgIpc) is 3.02. The van der Waals surface area contributed by atoms with Gasteiger partial charge in [0.15, 0.2) is 0 Å². The van der Waals surface area contributed by atoms with Crippen molar-refractivity contribution in [2.24, 2.45) is 40.4 Å². The minimum atomic E-state index is -0.610. The van der Waals surface area contributed by atoms with Crippen LogP contribution in [0.2, 0.25) is 0 Å². The quantitative estimate of drug-likeness (QED) is 0.520. The molecule has 2 unspecified atom stereocenters. The third kappa shape index (κ3) is 3.86. The van der Waals surface area contributed by atoms with Crippen molar-refractivity contribution in [3.05, 3.63) is 11.6 Å². The Bertz CT molecular complexity index is 748. The number of fused-ring (bicyclic) bond motifs is 5. The van der Waals surface area contributed by atoms with E-state index in [9.17, 15) is 15.0 Å². The molecule has 2 N–H and O–H groups in total. The number of carbonyl (C=O) groups is 1. The lowest BCUT2D eigenvalue weighted by Gasteiger charge is -2.58. The molecule has 0 bridgehead atoms. The number of ketones is 1. The standard InChI is InChI=1S/C28H46O3/c1-7-28(31)15-14-26(5)19(16-28)8-9-20-22-11-10-21(18(2)12-13-25(3,4)30)27(22,6)17-23(29)24(20)26/h8,18,20-22,24,30-31H,7,9-17H2,1-6H3/t18-,20+,21-,22?,24?,26+,27-,28+/m1/s1. The van der Waals surface area contributed by atoms with Gasteiger partial charge in [0, 0.05) is 12.3 Å². The fourth-order valence-corrected chi connectivity index (χ4v) is 8.60. The van der Waals surface area contributed by atoms with E-state index in [1.54, 1.807) is 0 Å². The summed E-state index contributed by atoms with van der Waals surface area (Å²) < 4.78 is 0. The van der Waals surface area contributed by atoms with E-state index in [0.29, 0.717) is 29.5 Å². The molecule has 0 aromatic heterocycles. The zero-order valence-corrected chi connectivity index (χ0v) is 20.8. The molecule has 0 aromatic carbocycles. The summed E-state index contributed by atoms with van der Waals surface area (Å²) in [7, 11) is 0. The van der Waals surface area contributed by atoms with E-state index >= 15 is 0 Å². The van der Waals surface area contributed by atoms with Crippen molar-refractivity contribution < 1.29 is 15.0 Å². The summed E-state index contributed by atoms with van der Waals surface area (Å²) in [5.41, 5.74) is 0.250. The van der Waals surface area contributed by atoms with E-state index in [1.165, 1.54) is 18.4 Å². The fraction of sp³-hybridized carbons (Fsp3) is 0.893. The lowest BCUT2D eigenvalue weighted by Crippen LogP contribution is -2.56. The summed E-state index contributed by atoms with van der Waals surface area (Å²) in [6, 6.07) is 0. The lowest BCUT2D eigenvalue weighted by molar-refractivity contribution is -0.147. The Morgan fingerprint density at radius 1 is 1.19 bits per heavy atom. The first-order valence-electron chi connectivity index (χ1n) is 13.0. The van der Waals surface area contributed by atoms with Crippen LogP contribution in [0, 0.1) is 40.4 Å². The molecule has 176 valence electrons. The fourth-order valence-electron chi connectivity index (χ4n) is 8.60. The zero-order chi connectivity index (χ0) is 22.8. The molecule has 0 aromatic rings. The van der Waals surface area contributed by atoms with Crippen LogP contribution < -0.4 is 0 Å². The van der Waals surface area contributed by atoms with Crippen molar-refractivity contribution >= 4 is 5.78 Å². The number of aliphatic hydroxyl groups is 2. The van der Waals surface area contributed by atoms with Crippen LogP contribution in [0.25, 0.3) is 0 Å². The van der Waals surface area contributed by atoms with Gasteiger partial charge in [0.1, 0.15) is 5.78 Å². The minimum absolute atomic E-state index is 0.0483. The molecule has 3 heteroatoms. The van der Waals surface area contributed by atoms with Crippen LogP contribution in [0.5, 0.6) is 0 Å².